The van der Waals surface area contributed by atoms with Gasteiger partial charge in [0.2, 0.25) is 0 Å². The number of hydrogen-bond acceptors (Lipinski definition) is 0. The van der Waals surface area contributed by atoms with Gasteiger partial charge in [0.1, 0.15) is 0 Å². The molecule has 12 heavy (non-hydrogen) atoms. The van der Waals surface area contributed by atoms with Gasteiger partial charge in [-0.3, -0.25) is 0 Å². The fourth-order valence-electron chi connectivity index (χ4n) is 2.86. The smallest absolute Gasteiger partial charge is 0.0384 e. The first kappa shape index (κ1) is 10.1. The Balaban J connectivity index is 2.38. The summed E-state index contributed by atoms with van der Waals surface area (Å²) in [6, 6.07) is 0. The van der Waals surface area contributed by atoms with Gasteiger partial charge in [-0.15, -0.1) is 0 Å². The van der Waals surface area contributed by atoms with Crippen molar-refractivity contribution in [1.29, 1.82) is 0 Å². The standard InChI is InChI=1S/C12H24/c1-4-11(5-2)12-8-6-7-10(3)9-12/h10-12H,4-9H2,1-3H3/t10-,12+/m1/s1. The van der Waals surface area contributed by atoms with Crippen LogP contribution >= 0.6 is 0 Å². The van der Waals surface area contributed by atoms with Gasteiger partial charge in [0.25, 0.3) is 0 Å². The van der Waals surface area contributed by atoms with Gasteiger partial charge in [0, 0.05) is 0 Å². The summed E-state index contributed by atoms with van der Waals surface area (Å²) in [7, 11) is 0. The molecule has 0 nitrogen and oxygen atoms in total. The Morgan fingerprint density at radius 2 is 1.83 bits per heavy atom. The van der Waals surface area contributed by atoms with Crippen LogP contribution in [-0.4, -0.2) is 0 Å². The fourth-order valence-corrected chi connectivity index (χ4v) is 2.86. The molecule has 0 saturated heterocycles. The summed E-state index contributed by atoms with van der Waals surface area (Å²) in [5, 5.41) is 0. The molecular weight excluding hydrogens is 144 g/mol. The van der Waals surface area contributed by atoms with Crippen LogP contribution in [-0.2, 0) is 0 Å². The van der Waals surface area contributed by atoms with E-state index in [1.54, 1.807) is 0 Å². The molecule has 0 aromatic heterocycles. The Morgan fingerprint density at radius 3 is 2.33 bits per heavy atom. The van der Waals surface area contributed by atoms with Gasteiger partial charge in [-0.25, -0.2) is 0 Å². The maximum Gasteiger partial charge on any atom is -0.0384 e. The summed E-state index contributed by atoms with van der Waals surface area (Å²) in [6.45, 7) is 7.13. The molecule has 0 bridgehead atoms. The first-order valence-electron chi connectivity index (χ1n) is 5.77. The maximum atomic E-state index is 2.43. The Bertz CT molecular complexity index is 113. The van der Waals surface area contributed by atoms with Crippen molar-refractivity contribution in [3.63, 3.8) is 0 Å². The quantitative estimate of drug-likeness (QED) is 0.591. The van der Waals surface area contributed by atoms with Crippen LogP contribution in [0.3, 0.4) is 0 Å². The van der Waals surface area contributed by atoms with E-state index < -0.39 is 0 Å². The van der Waals surface area contributed by atoms with E-state index in [2.05, 4.69) is 20.8 Å². The molecule has 0 radical (unpaired) electrons. The van der Waals surface area contributed by atoms with Crippen molar-refractivity contribution in [3.8, 4) is 0 Å². The van der Waals surface area contributed by atoms with Crippen LogP contribution in [0, 0.1) is 17.8 Å². The van der Waals surface area contributed by atoms with E-state index in [9.17, 15) is 0 Å². The van der Waals surface area contributed by atoms with Crippen molar-refractivity contribution in [1.82, 2.24) is 0 Å². The van der Waals surface area contributed by atoms with E-state index in [0.29, 0.717) is 0 Å². The second-order valence-electron chi connectivity index (χ2n) is 4.61. The molecular formula is C12H24. The average molecular weight is 168 g/mol. The lowest BCUT2D eigenvalue weighted by Gasteiger charge is -2.32. The van der Waals surface area contributed by atoms with Crippen molar-refractivity contribution < 1.29 is 0 Å². The van der Waals surface area contributed by atoms with Gasteiger partial charge in [-0.05, 0) is 24.2 Å². The Hall–Kier alpha value is 0. The molecule has 2 atom stereocenters. The van der Waals surface area contributed by atoms with Gasteiger partial charge in [-0.1, -0.05) is 52.9 Å². The SMILES string of the molecule is CCC(CC)[C@H]1CCC[C@@H](C)C1. The molecule has 0 unspecified atom stereocenters. The fraction of sp³-hybridized carbons (Fsp3) is 1.00. The topological polar surface area (TPSA) is 0 Å². The molecule has 0 spiro atoms. The van der Waals surface area contributed by atoms with Crippen molar-refractivity contribution in [2.24, 2.45) is 17.8 Å². The summed E-state index contributed by atoms with van der Waals surface area (Å²) >= 11 is 0. The highest BCUT2D eigenvalue weighted by Gasteiger charge is 2.23. The van der Waals surface area contributed by atoms with Gasteiger partial charge in [-0.2, -0.15) is 0 Å². The second kappa shape index (κ2) is 4.89. The van der Waals surface area contributed by atoms with Crippen molar-refractivity contribution >= 4 is 0 Å². The summed E-state index contributed by atoms with van der Waals surface area (Å²) in [5.41, 5.74) is 0. The Kier molecular flexibility index (Phi) is 4.11. The Labute approximate surface area is 77.7 Å². The predicted molar refractivity (Wildman–Crippen MR) is 55.2 cm³/mol. The summed E-state index contributed by atoms with van der Waals surface area (Å²) < 4.78 is 0. The summed E-state index contributed by atoms with van der Waals surface area (Å²) in [4.78, 5) is 0. The third kappa shape index (κ3) is 2.50. The minimum atomic E-state index is 1.00. The van der Waals surface area contributed by atoms with Gasteiger partial charge in [0.05, 0.1) is 0 Å². The lowest BCUT2D eigenvalue weighted by Crippen LogP contribution is -2.20. The average Bonchev–Trinajstić information content (AvgIpc) is 2.07. The minimum Gasteiger partial charge on any atom is -0.0651 e. The molecule has 0 amide bonds. The van der Waals surface area contributed by atoms with Crippen LogP contribution in [0.25, 0.3) is 0 Å². The van der Waals surface area contributed by atoms with Crippen LogP contribution < -0.4 is 0 Å². The monoisotopic (exact) mass is 168 g/mol. The maximum absolute atomic E-state index is 2.43. The molecule has 72 valence electrons. The minimum absolute atomic E-state index is 1.00. The highest BCUT2D eigenvalue weighted by atomic mass is 14.3. The highest BCUT2D eigenvalue weighted by molar-refractivity contribution is 4.75. The molecule has 1 aliphatic carbocycles. The van der Waals surface area contributed by atoms with Crippen LogP contribution in [0.5, 0.6) is 0 Å². The van der Waals surface area contributed by atoms with Crippen molar-refractivity contribution in [2.45, 2.75) is 59.3 Å². The molecule has 0 heteroatoms. The third-order valence-electron chi connectivity index (χ3n) is 3.69. The number of rotatable bonds is 3. The molecule has 1 fully saturated rings. The predicted octanol–water partition coefficient (Wildman–Crippen LogP) is 4.25. The van der Waals surface area contributed by atoms with Gasteiger partial charge >= 0.3 is 0 Å². The zero-order valence-electron chi connectivity index (χ0n) is 8.97. The van der Waals surface area contributed by atoms with Crippen LogP contribution in [0.4, 0.5) is 0 Å². The first-order chi connectivity index (χ1) is 5.77. The van der Waals surface area contributed by atoms with Gasteiger partial charge in [0.15, 0.2) is 0 Å². The molecule has 1 rings (SSSR count). The van der Waals surface area contributed by atoms with E-state index in [1.807, 2.05) is 0 Å². The first-order valence-corrected chi connectivity index (χ1v) is 5.77. The second-order valence-corrected chi connectivity index (χ2v) is 4.61. The molecule has 1 saturated carbocycles. The third-order valence-corrected chi connectivity index (χ3v) is 3.69. The van der Waals surface area contributed by atoms with E-state index in [0.717, 1.165) is 17.8 Å². The molecule has 0 N–H and O–H groups in total. The molecule has 0 aromatic rings. The summed E-state index contributed by atoms with van der Waals surface area (Å²) in [6.07, 6.45) is 8.78. The highest BCUT2D eigenvalue weighted by Crippen LogP contribution is 2.36. The lowest BCUT2D eigenvalue weighted by molar-refractivity contribution is 0.195. The molecule has 0 aliphatic heterocycles. The lowest BCUT2D eigenvalue weighted by atomic mass is 9.74. The molecule has 1 aliphatic rings. The zero-order valence-corrected chi connectivity index (χ0v) is 8.97. The Morgan fingerprint density at radius 1 is 1.17 bits per heavy atom. The van der Waals surface area contributed by atoms with Crippen LogP contribution in [0.15, 0.2) is 0 Å². The number of hydrogen-bond donors (Lipinski definition) is 0. The normalized spacial score (nSPS) is 31.0. The van der Waals surface area contributed by atoms with Crippen LogP contribution in [0.1, 0.15) is 59.3 Å². The molecule has 0 aromatic carbocycles. The largest absolute Gasteiger partial charge is 0.0651 e. The zero-order chi connectivity index (χ0) is 8.97. The van der Waals surface area contributed by atoms with E-state index in [-0.39, 0.29) is 0 Å². The summed E-state index contributed by atoms with van der Waals surface area (Å²) in [5.74, 6) is 3.08. The van der Waals surface area contributed by atoms with Crippen LogP contribution in [0.2, 0.25) is 0 Å². The van der Waals surface area contributed by atoms with Crippen molar-refractivity contribution in [3.05, 3.63) is 0 Å². The molecule has 0 heterocycles. The van der Waals surface area contributed by atoms with Crippen molar-refractivity contribution in [2.75, 3.05) is 0 Å². The van der Waals surface area contributed by atoms with E-state index in [4.69, 9.17) is 0 Å². The van der Waals surface area contributed by atoms with E-state index in [1.165, 1.54) is 38.5 Å². The van der Waals surface area contributed by atoms with Gasteiger partial charge < -0.3 is 0 Å². The van der Waals surface area contributed by atoms with E-state index >= 15 is 0 Å².